The highest BCUT2D eigenvalue weighted by atomic mass is 16.2. The molecule has 2 atom stereocenters. The van der Waals surface area contributed by atoms with Gasteiger partial charge in [0, 0.05) is 29.4 Å². The first-order chi connectivity index (χ1) is 12.0. The molecule has 2 aliphatic rings. The van der Waals surface area contributed by atoms with Crippen LogP contribution in [0.15, 0.2) is 18.2 Å². The molecule has 1 aromatic rings. The molecule has 1 aromatic carbocycles. The number of nitrogens with zero attached hydrogens (tertiary/aromatic N) is 2. The van der Waals surface area contributed by atoms with Crippen molar-refractivity contribution < 1.29 is 9.59 Å². The Labute approximate surface area is 150 Å². The third kappa shape index (κ3) is 3.87. The Bertz CT molecular complexity index is 606. The summed E-state index contributed by atoms with van der Waals surface area (Å²) in [5.41, 5.74) is 7.61. The first kappa shape index (κ1) is 17.9. The van der Waals surface area contributed by atoms with Gasteiger partial charge < -0.3 is 10.6 Å². The van der Waals surface area contributed by atoms with Gasteiger partial charge >= 0.3 is 0 Å². The van der Waals surface area contributed by atoms with Crippen molar-refractivity contribution >= 4 is 17.4 Å². The number of nitrogen functional groups attached to an aromatic ring is 1. The Balaban J connectivity index is 1.85. The molecule has 3 rings (SSSR count). The van der Waals surface area contributed by atoms with E-state index < -0.39 is 0 Å². The second-order valence-corrected chi connectivity index (χ2v) is 7.54. The van der Waals surface area contributed by atoms with Gasteiger partial charge in [0.2, 0.25) is 0 Å². The van der Waals surface area contributed by atoms with Crippen LogP contribution in [-0.2, 0) is 0 Å². The summed E-state index contributed by atoms with van der Waals surface area (Å²) in [6, 6.07) is 5.29. The number of hydrogen-bond acceptors (Lipinski definition) is 4. The molecule has 25 heavy (non-hydrogen) atoms. The van der Waals surface area contributed by atoms with Gasteiger partial charge in [0.25, 0.3) is 5.91 Å². The van der Waals surface area contributed by atoms with E-state index >= 15 is 0 Å². The van der Waals surface area contributed by atoms with Crippen LogP contribution in [0.1, 0.15) is 66.2 Å². The lowest BCUT2D eigenvalue weighted by Gasteiger charge is -2.34. The van der Waals surface area contributed by atoms with E-state index in [9.17, 15) is 9.59 Å². The molecule has 2 saturated heterocycles. The van der Waals surface area contributed by atoms with E-state index in [0.29, 0.717) is 16.8 Å². The maximum absolute atomic E-state index is 13.0. The van der Waals surface area contributed by atoms with Crippen LogP contribution in [0.3, 0.4) is 0 Å². The summed E-state index contributed by atoms with van der Waals surface area (Å²) in [6.45, 7) is 3.81. The van der Waals surface area contributed by atoms with Crippen LogP contribution in [-0.4, -0.2) is 53.7 Å². The average Bonchev–Trinajstić information content (AvgIpc) is 2.61. The maximum atomic E-state index is 13.0. The van der Waals surface area contributed by atoms with Crippen molar-refractivity contribution in [3.8, 4) is 0 Å². The van der Waals surface area contributed by atoms with Crippen molar-refractivity contribution in [3.05, 3.63) is 29.3 Å². The van der Waals surface area contributed by atoms with Gasteiger partial charge in [-0.15, -0.1) is 0 Å². The van der Waals surface area contributed by atoms with E-state index in [2.05, 4.69) is 11.8 Å². The first-order valence-electron chi connectivity index (χ1n) is 9.43. The van der Waals surface area contributed by atoms with E-state index in [4.69, 9.17) is 5.73 Å². The smallest absolute Gasteiger partial charge is 0.254 e. The monoisotopic (exact) mass is 343 g/mol. The van der Waals surface area contributed by atoms with Crippen LogP contribution in [0, 0.1) is 0 Å². The molecular weight excluding hydrogens is 314 g/mol. The molecule has 0 unspecified atom stereocenters. The summed E-state index contributed by atoms with van der Waals surface area (Å²) >= 11 is 0. The SMILES string of the molecule is C[C@@H]1CCCCN1C(=O)c1cc(N)cc(C(=O)[C@@H]2CCCCN2C)c1. The number of rotatable bonds is 3. The minimum Gasteiger partial charge on any atom is -0.399 e. The number of hydrogen-bond donors (Lipinski definition) is 1. The van der Waals surface area contributed by atoms with Crippen molar-refractivity contribution in [2.24, 2.45) is 0 Å². The molecule has 0 aliphatic carbocycles. The lowest BCUT2D eigenvalue weighted by molar-refractivity contribution is 0.0635. The van der Waals surface area contributed by atoms with Crippen molar-refractivity contribution in [3.63, 3.8) is 0 Å². The van der Waals surface area contributed by atoms with Crippen LogP contribution >= 0.6 is 0 Å². The molecule has 136 valence electrons. The molecule has 0 aromatic heterocycles. The minimum absolute atomic E-state index is 0.00875. The lowest BCUT2D eigenvalue weighted by Crippen LogP contribution is -2.43. The zero-order valence-electron chi connectivity index (χ0n) is 15.3. The fourth-order valence-electron chi connectivity index (χ4n) is 4.08. The van der Waals surface area contributed by atoms with Crippen LogP contribution in [0.4, 0.5) is 5.69 Å². The van der Waals surface area contributed by atoms with Gasteiger partial charge in [0.05, 0.1) is 6.04 Å². The number of carbonyl (C=O) groups is 2. The third-order valence-corrected chi connectivity index (χ3v) is 5.62. The summed E-state index contributed by atoms with van der Waals surface area (Å²) in [4.78, 5) is 29.9. The number of carbonyl (C=O) groups excluding carboxylic acids is 2. The van der Waals surface area contributed by atoms with Crippen LogP contribution < -0.4 is 5.73 Å². The van der Waals surface area contributed by atoms with Crippen LogP contribution in [0.25, 0.3) is 0 Å². The number of anilines is 1. The summed E-state index contributed by atoms with van der Waals surface area (Å²) in [5.74, 6) is 0.0702. The average molecular weight is 343 g/mol. The van der Waals surface area contributed by atoms with Gasteiger partial charge in [-0.05, 0) is 70.8 Å². The second kappa shape index (κ2) is 7.56. The van der Waals surface area contributed by atoms with Crippen molar-refractivity contribution in [2.75, 3.05) is 25.9 Å². The highest BCUT2D eigenvalue weighted by Crippen LogP contribution is 2.24. The Morgan fingerprint density at radius 3 is 2.40 bits per heavy atom. The summed E-state index contributed by atoms with van der Waals surface area (Å²) < 4.78 is 0. The molecule has 1 amide bonds. The fourth-order valence-corrected chi connectivity index (χ4v) is 4.08. The summed E-state index contributed by atoms with van der Waals surface area (Å²) in [7, 11) is 2.00. The van der Waals surface area contributed by atoms with Gasteiger partial charge in [-0.1, -0.05) is 6.42 Å². The van der Waals surface area contributed by atoms with E-state index in [0.717, 1.165) is 45.2 Å². The molecule has 0 radical (unpaired) electrons. The normalized spacial score (nSPS) is 25.0. The molecule has 0 bridgehead atoms. The Hall–Kier alpha value is -1.88. The number of likely N-dealkylation sites (N-methyl/N-ethyl adjacent to an activating group) is 1. The largest absolute Gasteiger partial charge is 0.399 e. The summed E-state index contributed by atoms with van der Waals surface area (Å²) in [5, 5.41) is 0. The topological polar surface area (TPSA) is 66.6 Å². The number of piperidine rings is 2. The summed E-state index contributed by atoms with van der Waals surface area (Å²) in [6.07, 6.45) is 6.31. The molecule has 2 N–H and O–H groups in total. The molecule has 2 fully saturated rings. The first-order valence-corrected chi connectivity index (χ1v) is 9.43. The van der Waals surface area contributed by atoms with Crippen molar-refractivity contribution in [1.82, 2.24) is 9.80 Å². The van der Waals surface area contributed by atoms with E-state index in [1.165, 1.54) is 6.42 Å². The van der Waals surface area contributed by atoms with Crippen LogP contribution in [0.5, 0.6) is 0 Å². The third-order valence-electron chi connectivity index (χ3n) is 5.62. The zero-order chi connectivity index (χ0) is 18.0. The zero-order valence-corrected chi connectivity index (χ0v) is 15.3. The lowest BCUT2D eigenvalue weighted by atomic mass is 9.93. The number of benzene rings is 1. The fraction of sp³-hybridized carbons (Fsp3) is 0.600. The minimum atomic E-state index is -0.104. The van der Waals surface area contributed by atoms with Crippen molar-refractivity contribution in [2.45, 2.75) is 57.5 Å². The Kier molecular flexibility index (Phi) is 5.42. The highest BCUT2D eigenvalue weighted by molar-refractivity contribution is 6.04. The molecule has 5 heteroatoms. The van der Waals surface area contributed by atoms with Crippen molar-refractivity contribution in [1.29, 1.82) is 0 Å². The quantitative estimate of drug-likeness (QED) is 0.677. The Morgan fingerprint density at radius 2 is 1.68 bits per heavy atom. The van der Waals surface area contributed by atoms with Gasteiger partial charge in [0.1, 0.15) is 0 Å². The standard InChI is InChI=1S/C20H29N3O2/c1-14-7-3-6-10-23(14)20(25)16-11-15(12-17(21)13-16)19(24)18-8-4-5-9-22(18)2/h11-14,18H,3-10,21H2,1-2H3/t14-,18+/m1/s1. The second-order valence-electron chi connectivity index (χ2n) is 7.54. The molecule has 2 aliphatic heterocycles. The number of amides is 1. The molecule has 2 heterocycles. The number of ketones is 1. The number of likely N-dealkylation sites (tertiary alicyclic amines) is 2. The molecule has 5 nitrogen and oxygen atoms in total. The molecule has 0 saturated carbocycles. The van der Waals surface area contributed by atoms with Gasteiger partial charge in [-0.3, -0.25) is 14.5 Å². The van der Waals surface area contributed by atoms with Crippen LogP contribution in [0.2, 0.25) is 0 Å². The van der Waals surface area contributed by atoms with E-state index in [1.54, 1.807) is 18.2 Å². The Morgan fingerprint density at radius 1 is 1.00 bits per heavy atom. The highest BCUT2D eigenvalue weighted by Gasteiger charge is 2.29. The number of nitrogens with two attached hydrogens (primary N) is 1. The van der Waals surface area contributed by atoms with Gasteiger partial charge in [-0.2, -0.15) is 0 Å². The predicted octanol–water partition coefficient (Wildman–Crippen LogP) is 2.95. The molecule has 0 spiro atoms. The predicted molar refractivity (Wildman–Crippen MR) is 99.8 cm³/mol. The maximum Gasteiger partial charge on any atom is 0.254 e. The van der Waals surface area contributed by atoms with Gasteiger partial charge in [-0.25, -0.2) is 0 Å². The van der Waals surface area contributed by atoms with Gasteiger partial charge in [0.15, 0.2) is 5.78 Å². The van der Waals surface area contributed by atoms with E-state index in [1.807, 2.05) is 11.9 Å². The van der Waals surface area contributed by atoms with E-state index in [-0.39, 0.29) is 23.8 Å². The number of Topliss-reactive ketones (excluding diaryl/α,β-unsaturated/α-hetero) is 1. The molecular formula is C20H29N3O2.